The van der Waals surface area contributed by atoms with Gasteiger partial charge in [0, 0.05) is 12.6 Å². The minimum absolute atomic E-state index is 0.461. The van der Waals surface area contributed by atoms with Crippen LogP contribution in [0, 0.1) is 17.2 Å². The van der Waals surface area contributed by atoms with Crippen molar-refractivity contribution in [1.29, 1.82) is 5.26 Å². The summed E-state index contributed by atoms with van der Waals surface area (Å²) in [6.45, 7) is 9.51. The van der Waals surface area contributed by atoms with Crippen molar-refractivity contribution in [2.24, 2.45) is 5.92 Å². The van der Waals surface area contributed by atoms with Gasteiger partial charge in [-0.25, -0.2) is 0 Å². The third-order valence-electron chi connectivity index (χ3n) is 3.15. The summed E-state index contributed by atoms with van der Waals surface area (Å²) in [5, 5.41) is 12.6. The molecule has 0 saturated heterocycles. The quantitative estimate of drug-likeness (QED) is 0.860. The van der Waals surface area contributed by atoms with Crippen LogP contribution < -0.4 is 10.1 Å². The van der Waals surface area contributed by atoms with Gasteiger partial charge in [-0.15, -0.1) is 0 Å². The molecule has 0 bridgehead atoms. The van der Waals surface area contributed by atoms with Gasteiger partial charge in [-0.1, -0.05) is 45.4 Å². The third kappa shape index (κ3) is 4.71. The molecule has 3 nitrogen and oxygen atoms in total. The van der Waals surface area contributed by atoms with E-state index < -0.39 is 0 Å². The zero-order valence-corrected chi connectivity index (χ0v) is 13.0. The number of rotatable bonds is 6. The van der Waals surface area contributed by atoms with Gasteiger partial charge in [0.15, 0.2) is 0 Å². The van der Waals surface area contributed by atoms with Crippen molar-refractivity contribution in [3.8, 4) is 11.8 Å². The minimum atomic E-state index is 0.461. The monoisotopic (exact) mass is 272 g/mol. The first-order valence-electron chi connectivity index (χ1n) is 7.00. The van der Waals surface area contributed by atoms with Crippen LogP contribution in [0.2, 0.25) is 0 Å². The van der Waals surface area contributed by atoms with E-state index in [1.807, 2.05) is 18.2 Å². The van der Waals surface area contributed by atoms with Crippen molar-refractivity contribution in [3.05, 3.63) is 34.9 Å². The van der Waals surface area contributed by atoms with E-state index in [9.17, 15) is 0 Å². The highest BCUT2D eigenvalue weighted by atomic mass is 16.5. The molecule has 0 atom stereocenters. The number of hydrogen-bond donors (Lipinski definition) is 1. The lowest BCUT2D eigenvalue weighted by atomic mass is 9.99. The first-order chi connectivity index (χ1) is 9.47. The van der Waals surface area contributed by atoms with Crippen LogP contribution >= 0.6 is 0 Å². The molecule has 3 heteroatoms. The van der Waals surface area contributed by atoms with Crippen LogP contribution in [0.4, 0.5) is 0 Å². The third-order valence-corrected chi connectivity index (χ3v) is 3.15. The molecular formula is C17H24N2O. The Morgan fingerprint density at radius 2 is 2.05 bits per heavy atom. The molecule has 0 spiro atoms. The van der Waals surface area contributed by atoms with Gasteiger partial charge in [-0.05, 0) is 23.6 Å². The number of nitriles is 1. The number of ether oxygens (including phenoxy) is 1. The van der Waals surface area contributed by atoms with E-state index in [4.69, 9.17) is 10.00 Å². The molecule has 0 amide bonds. The molecule has 0 aliphatic carbocycles. The summed E-state index contributed by atoms with van der Waals surface area (Å²) in [6.07, 6.45) is 2.15. The highest BCUT2D eigenvalue weighted by Gasteiger charge is 2.07. The Kier molecular flexibility index (Phi) is 6.27. The number of hydrogen-bond acceptors (Lipinski definition) is 3. The summed E-state index contributed by atoms with van der Waals surface area (Å²) in [7, 11) is 1.58. The van der Waals surface area contributed by atoms with Crippen molar-refractivity contribution < 1.29 is 4.74 Å². The molecule has 0 unspecified atom stereocenters. The predicted molar refractivity (Wildman–Crippen MR) is 83.7 cm³/mol. The zero-order valence-electron chi connectivity index (χ0n) is 13.0. The second-order valence-electron chi connectivity index (χ2n) is 5.48. The van der Waals surface area contributed by atoms with Crippen LogP contribution in [-0.4, -0.2) is 19.7 Å². The maximum absolute atomic E-state index is 9.13. The minimum Gasteiger partial charge on any atom is -0.495 e. The van der Waals surface area contributed by atoms with Gasteiger partial charge in [-0.2, -0.15) is 5.26 Å². The van der Waals surface area contributed by atoms with E-state index in [1.165, 1.54) is 5.57 Å². The molecule has 0 saturated carbocycles. The molecule has 1 N–H and O–H groups in total. The first-order valence-corrected chi connectivity index (χ1v) is 7.00. The van der Waals surface area contributed by atoms with Crippen LogP contribution in [0.1, 0.15) is 38.8 Å². The highest BCUT2D eigenvalue weighted by Crippen LogP contribution is 2.21. The fourth-order valence-corrected chi connectivity index (χ4v) is 1.86. The molecule has 0 aliphatic rings. The number of nitrogens with one attached hydrogen (secondary N) is 1. The molecule has 1 aromatic carbocycles. The molecule has 108 valence electrons. The fraction of sp³-hybridized carbons (Fsp3) is 0.471. The van der Waals surface area contributed by atoms with E-state index in [-0.39, 0.29) is 0 Å². The van der Waals surface area contributed by atoms with Crippen LogP contribution in [0.5, 0.6) is 5.75 Å². The van der Waals surface area contributed by atoms with Gasteiger partial charge in [0.05, 0.1) is 12.7 Å². The van der Waals surface area contributed by atoms with Gasteiger partial charge < -0.3 is 10.1 Å². The van der Waals surface area contributed by atoms with Gasteiger partial charge in [-0.3, -0.25) is 0 Å². The zero-order chi connectivity index (χ0) is 15.1. The number of benzene rings is 1. The van der Waals surface area contributed by atoms with Gasteiger partial charge in [0.2, 0.25) is 0 Å². The molecule has 1 rings (SSSR count). The lowest BCUT2D eigenvalue weighted by Crippen LogP contribution is -2.26. The Morgan fingerprint density at radius 3 is 2.55 bits per heavy atom. The van der Waals surface area contributed by atoms with E-state index in [0.717, 1.165) is 12.1 Å². The summed E-state index contributed by atoms with van der Waals surface area (Å²) < 4.78 is 5.17. The van der Waals surface area contributed by atoms with E-state index in [1.54, 1.807) is 7.11 Å². The van der Waals surface area contributed by atoms with Crippen molar-refractivity contribution in [3.63, 3.8) is 0 Å². The largest absolute Gasteiger partial charge is 0.495 e. The molecular weight excluding hydrogens is 248 g/mol. The van der Waals surface area contributed by atoms with Gasteiger partial charge >= 0.3 is 0 Å². The summed E-state index contributed by atoms with van der Waals surface area (Å²) >= 11 is 0. The summed E-state index contributed by atoms with van der Waals surface area (Å²) in [4.78, 5) is 0. The average molecular weight is 272 g/mol. The number of nitrogens with zero attached hydrogens (tertiary/aromatic N) is 1. The maximum atomic E-state index is 9.13. The smallest absolute Gasteiger partial charge is 0.136 e. The second kappa shape index (κ2) is 7.72. The Bertz CT molecular complexity index is 510. The molecule has 0 fully saturated rings. The maximum Gasteiger partial charge on any atom is 0.136 e. The normalized spacial score (nSPS) is 11.8. The average Bonchev–Trinajstić information content (AvgIpc) is 2.42. The SMILES string of the molecule is COc1ccc(C=C(CNC(C)C)C(C)C)cc1C#N. The van der Waals surface area contributed by atoms with E-state index in [0.29, 0.717) is 23.3 Å². The molecule has 1 aromatic rings. The number of methoxy groups -OCH3 is 1. The van der Waals surface area contributed by atoms with Crippen LogP contribution in [-0.2, 0) is 0 Å². The Balaban J connectivity index is 3.02. The summed E-state index contributed by atoms with van der Waals surface area (Å²) in [6, 6.07) is 8.33. The highest BCUT2D eigenvalue weighted by molar-refractivity contribution is 5.59. The van der Waals surface area contributed by atoms with Crippen LogP contribution in [0.25, 0.3) is 6.08 Å². The van der Waals surface area contributed by atoms with E-state index in [2.05, 4.69) is 45.2 Å². The first kappa shape index (κ1) is 16.3. The van der Waals surface area contributed by atoms with Crippen molar-refractivity contribution in [1.82, 2.24) is 5.32 Å². The predicted octanol–water partition coefficient (Wildman–Crippen LogP) is 3.60. The molecule has 0 radical (unpaired) electrons. The van der Waals surface area contributed by atoms with Crippen molar-refractivity contribution >= 4 is 6.08 Å². The lowest BCUT2D eigenvalue weighted by Gasteiger charge is -2.15. The fourth-order valence-electron chi connectivity index (χ4n) is 1.86. The Morgan fingerprint density at radius 1 is 1.35 bits per heavy atom. The van der Waals surface area contributed by atoms with Gasteiger partial charge in [0.25, 0.3) is 0 Å². The Labute approximate surface area is 122 Å². The molecule has 0 heterocycles. The molecule has 0 aromatic heterocycles. The standard InChI is InChI=1S/C17H24N2O/c1-12(2)16(11-19-13(3)4)9-14-6-7-17(20-5)15(8-14)10-18/h6-9,12-13,19H,11H2,1-5H3. The summed E-state index contributed by atoms with van der Waals surface area (Å²) in [5.74, 6) is 1.09. The van der Waals surface area contributed by atoms with E-state index >= 15 is 0 Å². The van der Waals surface area contributed by atoms with Crippen molar-refractivity contribution in [2.45, 2.75) is 33.7 Å². The lowest BCUT2D eigenvalue weighted by molar-refractivity contribution is 0.413. The van der Waals surface area contributed by atoms with Crippen molar-refractivity contribution in [2.75, 3.05) is 13.7 Å². The van der Waals surface area contributed by atoms with Crippen LogP contribution in [0.3, 0.4) is 0 Å². The molecule has 20 heavy (non-hydrogen) atoms. The van der Waals surface area contributed by atoms with Gasteiger partial charge in [0.1, 0.15) is 11.8 Å². The topological polar surface area (TPSA) is 45.0 Å². The summed E-state index contributed by atoms with van der Waals surface area (Å²) in [5.41, 5.74) is 2.94. The molecule has 0 aliphatic heterocycles. The second-order valence-corrected chi connectivity index (χ2v) is 5.48. The van der Waals surface area contributed by atoms with Crippen LogP contribution in [0.15, 0.2) is 23.8 Å². The Hall–Kier alpha value is -1.79.